The Hall–Kier alpha value is -3.10. The Morgan fingerprint density at radius 3 is 2.52 bits per heavy atom. The monoisotopic (exact) mass is 488 g/mol. The molecule has 33 heavy (non-hydrogen) atoms. The Balaban J connectivity index is 1.55. The fourth-order valence-electron chi connectivity index (χ4n) is 3.52. The zero-order chi connectivity index (χ0) is 23.6. The van der Waals surface area contributed by atoms with E-state index in [9.17, 15) is 17.6 Å². The van der Waals surface area contributed by atoms with E-state index in [0.717, 1.165) is 15.4 Å². The third-order valence-corrected chi connectivity index (χ3v) is 7.35. The van der Waals surface area contributed by atoms with E-state index in [1.807, 2.05) is 6.92 Å². The van der Waals surface area contributed by atoms with Crippen LogP contribution >= 0.6 is 11.6 Å². The van der Waals surface area contributed by atoms with Crippen LogP contribution in [0.15, 0.2) is 71.6 Å². The molecule has 0 unspecified atom stereocenters. The van der Waals surface area contributed by atoms with Gasteiger partial charge in [0.1, 0.15) is 11.6 Å². The van der Waals surface area contributed by atoms with E-state index >= 15 is 0 Å². The van der Waals surface area contributed by atoms with Gasteiger partial charge in [0.05, 0.1) is 17.1 Å². The number of sulfonamides is 1. The molecule has 1 N–H and O–H groups in total. The van der Waals surface area contributed by atoms with E-state index in [4.69, 9.17) is 16.3 Å². The summed E-state index contributed by atoms with van der Waals surface area (Å²) in [7, 11) is -3.96. The van der Waals surface area contributed by atoms with Gasteiger partial charge < -0.3 is 10.1 Å². The number of aryl methyl sites for hydroxylation is 1. The minimum absolute atomic E-state index is 0.108. The van der Waals surface area contributed by atoms with Crippen molar-refractivity contribution in [2.24, 2.45) is 0 Å². The highest BCUT2D eigenvalue weighted by atomic mass is 35.5. The summed E-state index contributed by atoms with van der Waals surface area (Å²) < 4.78 is 46.9. The van der Waals surface area contributed by atoms with Gasteiger partial charge in [0.2, 0.25) is 0 Å². The second-order valence-electron chi connectivity index (χ2n) is 7.74. The van der Waals surface area contributed by atoms with Crippen LogP contribution in [-0.2, 0) is 21.2 Å². The predicted molar refractivity (Wildman–Crippen MR) is 125 cm³/mol. The van der Waals surface area contributed by atoms with Crippen molar-refractivity contribution >= 4 is 33.2 Å². The van der Waals surface area contributed by atoms with Crippen LogP contribution in [0.1, 0.15) is 11.1 Å². The molecular formula is C24H22ClFN2O4S. The molecule has 0 aromatic heterocycles. The van der Waals surface area contributed by atoms with Gasteiger partial charge in [-0.15, -0.1) is 0 Å². The first kappa shape index (κ1) is 23.1. The normalized spacial score (nSPS) is 15.5. The van der Waals surface area contributed by atoms with Gasteiger partial charge in [-0.2, -0.15) is 0 Å². The van der Waals surface area contributed by atoms with Gasteiger partial charge in [-0.3, -0.25) is 9.10 Å². The van der Waals surface area contributed by atoms with Crippen molar-refractivity contribution in [1.29, 1.82) is 0 Å². The minimum Gasteiger partial charge on any atom is -0.476 e. The number of hydrogen-bond donors (Lipinski definition) is 1. The average Bonchev–Trinajstić information content (AvgIpc) is 2.80. The van der Waals surface area contributed by atoms with Gasteiger partial charge in [-0.1, -0.05) is 41.4 Å². The summed E-state index contributed by atoms with van der Waals surface area (Å²) in [5.74, 6) is -0.520. The maximum absolute atomic E-state index is 13.4. The number of carbonyl (C=O) groups is 1. The van der Waals surface area contributed by atoms with Crippen molar-refractivity contribution in [3.05, 3.63) is 88.7 Å². The van der Waals surface area contributed by atoms with Gasteiger partial charge in [0.25, 0.3) is 15.9 Å². The number of amides is 1. The van der Waals surface area contributed by atoms with E-state index in [0.29, 0.717) is 18.0 Å². The van der Waals surface area contributed by atoms with Gasteiger partial charge in [-0.25, -0.2) is 12.8 Å². The Kier molecular flexibility index (Phi) is 6.58. The lowest BCUT2D eigenvalue weighted by molar-refractivity contribution is -0.127. The fraction of sp³-hybridized carbons (Fsp3) is 0.208. The van der Waals surface area contributed by atoms with Crippen molar-refractivity contribution in [3.8, 4) is 5.75 Å². The molecule has 0 fully saturated rings. The molecule has 6 nitrogen and oxygen atoms in total. The summed E-state index contributed by atoms with van der Waals surface area (Å²) in [6, 6.07) is 17.1. The topological polar surface area (TPSA) is 75.7 Å². The molecule has 0 radical (unpaired) electrons. The molecule has 1 heterocycles. The smallest absolute Gasteiger partial charge is 0.264 e. The molecule has 9 heteroatoms. The molecule has 1 atom stereocenters. The standard InChI is InChI=1S/C24H22ClFN2O4S/c1-16-2-9-20(10-3-16)33(30,31)28-15-23(32-22-11-6-18(25)14-21(22)28)24(29)27-13-12-17-4-7-19(26)8-5-17/h2-11,14,23H,12-13,15H2,1H3,(H,27,29)/t23-/m1/s1. The summed E-state index contributed by atoms with van der Waals surface area (Å²) in [6.07, 6.45) is -0.553. The largest absolute Gasteiger partial charge is 0.476 e. The Morgan fingerprint density at radius 2 is 1.82 bits per heavy atom. The predicted octanol–water partition coefficient (Wildman–Crippen LogP) is 4.10. The highest BCUT2D eigenvalue weighted by molar-refractivity contribution is 7.92. The molecule has 0 spiro atoms. The molecule has 1 amide bonds. The number of nitrogens with zero attached hydrogens (tertiary/aromatic N) is 1. The number of ether oxygens (including phenoxy) is 1. The summed E-state index contributed by atoms with van der Waals surface area (Å²) >= 11 is 6.11. The number of anilines is 1. The summed E-state index contributed by atoms with van der Waals surface area (Å²) in [5, 5.41) is 3.12. The zero-order valence-corrected chi connectivity index (χ0v) is 19.4. The zero-order valence-electron chi connectivity index (χ0n) is 17.8. The maximum atomic E-state index is 13.4. The fourth-order valence-corrected chi connectivity index (χ4v) is 5.16. The van der Waals surface area contributed by atoms with Crippen LogP contribution in [-0.4, -0.2) is 33.5 Å². The number of carbonyl (C=O) groups excluding carboxylic acids is 1. The molecule has 3 aromatic carbocycles. The Morgan fingerprint density at radius 1 is 1.12 bits per heavy atom. The van der Waals surface area contributed by atoms with Crippen LogP contribution in [0.5, 0.6) is 5.75 Å². The van der Waals surface area contributed by atoms with Gasteiger partial charge in [0, 0.05) is 11.6 Å². The molecule has 0 saturated carbocycles. The van der Waals surface area contributed by atoms with E-state index in [-0.39, 0.29) is 28.7 Å². The number of fused-ring (bicyclic) bond motifs is 1. The van der Waals surface area contributed by atoms with Crippen molar-refractivity contribution in [3.63, 3.8) is 0 Å². The van der Waals surface area contributed by atoms with Crippen LogP contribution in [0, 0.1) is 12.7 Å². The third-order valence-electron chi connectivity index (χ3n) is 5.32. The summed E-state index contributed by atoms with van der Waals surface area (Å²) in [5.41, 5.74) is 2.07. The minimum atomic E-state index is -3.96. The lowest BCUT2D eigenvalue weighted by Gasteiger charge is -2.35. The van der Waals surface area contributed by atoms with Crippen LogP contribution < -0.4 is 14.4 Å². The molecule has 0 bridgehead atoms. The second-order valence-corrected chi connectivity index (χ2v) is 10.0. The van der Waals surface area contributed by atoms with E-state index < -0.39 is 22.0 Å². The summed E-state index contributed by atoms with van der Waals surface area (Å²) in [4.78, 5) is 12.9. The van der Waals surface area contributed by atoms with Crippen LogP contribution in [0.2, 0.25) is 5.02 Å². The molecule has 0 aliphatic carbocycles. The third kappa shape index (κ3) is 5.12. The summed E-state index contributed by atoms with van der Waals surface area (Å²) in [6.45, 7) is 1.96. The Labute approximate surface area is 197 Å². The first-order valence-electron chi connectivity index (χ1n) is 10.3. The molecular weight excluding hydrogens is 467 g/mol. The van der Waals surface area contributed by atoms with Crippen molar-refractivity contribution in [2.75, 3.05) is 17.4 Å². The number of rotatable bonds is 6. The first-order valence-corrected chi connectivity index (χ1v) is 12.1. The molecule has 4 rings (SSSR count). The molecule has 1 aliphatic rings. The van der Waals surface area contributed by atoms with Crippen molar-refractivity contribution < 1.29 is 22.3 Å². The van der Waals surface area contributed by atoms with Crippen molar-refractivity contribution in [1.82, 2.24) is 5.32 Å². The van der Waals surface area contributed by atoms with Crippen LogP contribution in [0.3, 0.4) is 0 Å². The number of halogens is 2. The quantitative estimate of drug-likeness (QED) is 0.566. The average molecular weight is 489 g/mol. The maximum Gasteiger partial charge on any atom is 0.264 e. The molecule has 3 aromatic rings. The van der Waals surface area contributed by atoms with Crippen molar-refractivity contribution in [2.45, 2.75) is 24.3 Å². The number of benzene rings is 3. The van der Waals surface area contributed by atoms with E-state index in [2.05, 4.69) is 5.32 Å². The molecule has 172 valence electrons. The van der Waals surface area contributed by atoms with Crippen LogP contribution in [0.4, 0.5) is 10.1 Å². The van der Waals surface area contributed by atoms with Gasteiger partial charge in [-0.05, 0) is 61.4 Å². The van der Waals surface area contributed by atoms with Gasteiger partial charge >= 0.3 is 0 Å². The van der Waals surface area contributed by atoms with E-state index in [1.54, 1.807) is 36.4 Å². The van der Waals surface area contributed by atoms with E-state index in [1.165, 1.54) is 30.3 Å². The number of hydrogen-bond acceptors (Lipinski definition) is 4. The van der Waals surface area contributed by atoms with Crippen LogP contribution in [0.25, 0.3) is 0 Å². The molecule has 1 aliphatic heterocycles. The lowest BCUT2D eigenvalue weighted by Crippen LogP contribution is -2.51. The highest BCUT2D eigenvalue weighted by Gasteiger charge is 2.37. The highest BCUT2D eigenvalue weighted by Crippen LogP contribution is 2.38. The first-order chi connectivity index (χ1) is 15.7. The van der Waals surface area contributed by atoms with Gasteiger partial charge in [0.15, 0.2) is 6.10 Å². The Bertz CT molecular complexity index is 1260. The lowest BCUT2D eigenvalue weighted by atomic mass is 10.1. The SMILES string of the molecule is Cc1ccc(S(=O)(=O)N2C[C@H](C(=O)NCCc3ccc(F)cc3)Oc3ccc(Cl)cc32)cc1. The second kappa shape index (κ2) is 9.41. The number of nitrogens with one attached hydrogen (secondary N) is 1. The molecule has 0 saturated heterocycles.